The van der Waals surface area contributed by atoms with Crippen molar-refractivity contribution in [1.82, 2.24) is 5.32 Å². The highest BCUT2D eigenvalue weighted by Gasteiger charge is 2.36. The summed E-state index contributed by atoms with van der Waals surface area (Å²) in [4.78, 5) is 12.0. The number of halogens is 3. The minimum absolute atomic E-state index is 0.0234. The molecule has 0 saturated carbocycles. The van der Waals surface area contributed by atoms with Crippen molar-refractivity contribution in [3.63, 3.8) is 0 Å². The maximum Gasteiger partial charge on any atom is 0.417 e. The Morgan fingerprint density at radius 2 is 1.72 bits per heavy atom. The minimum atomic E-state index is -4.59. The number of benzene rings is 3. The van der Waals surface area contributed by atoms with Gasteiger partial charge in [-0.15, -0.1) is 0 Å². The third-order valence-corrected chi connectivity index (χ3v) is 6.35. The number of carbonyl (C=O) groups is 1. The number of hydrogen-bond donors (Lipinski definition) is 1. The summed E-state index contributed by atoms with van der Waals surface area (Å²) in [5.74, 6) is 1.36. The van der Waals surface area contributed by atoms with Crippen LogP contribution in [-0.4, -0.2) is 32.3 Å². The molecule has 0 saturated heterocycles. The first-order valence-electron chi connectivity index (χ1n) is 12.8. The van der Waals surface area contributed by atoms with E-state index in [1.165, 1.54) is 19.2 Å². The Morgan fingerprint density at radius 3 is 2.38 bits per heavy atom. The van der Waals surface area contributed by atoms with Crippen LogP contribution in [0.4, 0.5) is 13.2 Å². The van der Waals surface area contributed by atoms with Gasteiger partial charge >= 0.3 is 12.1 Å². The fourth-order valence-electron chi connectivity index (χ4n) is 4.49. The molecule has 6 nitrogen and oxygen atoms in total. The molecule has 9 heteroatoms. The predicted octanol–water partition coefficient (Wildman–Crippen LogP) is 6.40. The summed E-state index contributed by atoms with van der Waals surface area (Å²) < 4.78 is 64.5. The Bertz CT molecular complexity index is 1270. The molecule has 0 spiro atoms. The van der Waals surface area contributed by atoms with Gasteiger partial charge in [-0.05, 0) is 53.3 Å². The fourth-order valence-corrected chi connectivity index (χ4v) is 4.49. The van der Waals surface area contributed by atoms with E-state index in [2.05, 4.69) is 5.32 Å². The van der Waals surface area contributed by atoms with E-state index < -0.39 is 17.8 Å². The number of rotatable bonds is 10. The number of carbonyl (C=O) groups excluding carboxylic acids is 1. The molecule has 0 amide bonds. The Morgan fingerprint density at radius 1 is 1.00 bits per heavy atom. The first-order valence-corrected chi connectivity index (χ1v) is 12.8. The average molecular weight is 544 g/mol. The quantitative estimate of drug-likeness (QED) is 0.299. The smallest absolute Gasteiger partial charge is 0.417 e. The van der Waals surface area contributed by atoms with Crippen LogP contribution in [-0.2, 0) is 28.9 Å². The first kappa shape index (κ1) is 28.3. The van der Waals surface area contributed by atoms with Crippen molar-refractivity contribution in [2.75, 3.05) is 20.3 Å². The zero-order chi connectivity index (χ0) is 28.0. The molecule has 4 rings (SSSR count). The van der Waals surface area contributed by atoms with E-state index in [0.29, 0.717) is 54.9 Å². The average Bonchev–Trinajstić information content (AvgIpc) is 2.93. The van der Waals surface area contributed by atoms with Gasteiger partial charge in [0.15, 0.2) is 11.5 Å². The normalized spacial score (nSPS) is 13.7. The Kier molecular flexibility index (Phi) is 9.01. The molecule has 0 aromatic heterocycles. The zero-order valence-corrected chi connectivity index (χ0v) is 22.1. The van der Waals surface area contributed by atoms with Crippen molar-refractivity contribution < 1.29 is 36.9 Å². The Hall–Kier alpha value is -3.72. The summed E-state index contributed by atoms with van der Waals surface area (Å²) in [7, 11) is 1.36. The third-order valence-electron chi connectivity index (χ3n) is 6.35. The zero-order valence-electron chi connectivity index (χ0n) is 22.1. The number of ether oxygens (including phenoxy) is 4. The number of alkyl halides is 3. The van der Waals surface area contributed by atoms with Crippen LogP contribution in [0, 0.1) is 5.92 Å². The van der Waals surface area contributed by atoms with Gasteiger partial charge in [-0.3, -0.25) is 4.79 Å². The number of methoxy groups -OCH3 is 1. The van der Waals surface area contributed by atoms with Gasteiger partial charge in [-0.25, -0.2) is 0 Å². The maximum absolute atomic E-state index is 14.3. The Balaban J connectivity index is 1.47. The number of fused-ring (bicyclic) bond motifs is 1. The van der Waals surface area contributed by atoms with Crippen molar-refractivity contribution in [3.8, 4) is 28.4 Å². The molecule has 1 N–H and O–H groups in total. The molecule has 39 heavy (non-hydrogen) atoms. The van der Waals surface area contributed by atoms with Crippen molar-refractivity contribution in [2.45, 2.75) is 45.6 Å². The summed E-state index contributed by atoms with van der Waals surface area (Å²) in [5.41, 5.74) is 0.602. The standard InChI is InChI=1S/C30H32F3NO5/c1-19(2)15-25(29(35)36-3)34-17-20-7-10-23(11-8-20)39-18-22-5-4-6-24(28(22)30(31,32)33)21-9-12-26-27(16-21)38-14-13-37-26/h4-12,16,19,25,34H,13-15,17-18H2,1-3H3. The van der Waals surface area contributed by atoms with Gasteiger partial charge < -0.3 is 24.3 Å². The van der Waals surface area contributed by atoms with E-state index in [9.17, 15) is 18.0 Å². The molecule has 3 aromatic rings. The van der Waals surface area contributed by atoms with Crippen LogP contribution in [0.3, 0.4) is 0 Å². The number of esters is 1. The molecule has 1 heterocycles. The van der Waals surface area contributed by atoms with E-state index in [0.717, 1.165) is 5.56 Å². The monoisotopic (exact) mass is 543 g/mol. The number of nitrogens with one attached hydrogen (secondary N) is 1. The molecule has 1 aliphatic heterocycles. The van der Waals surface area contributed by atoms with Crippen LogP contribution < -0.4 is 19.5 Å². The molecule has 208 valence electrons. The Labute approximate surface area is 226 Å². The second-order valence-corrected chi connectivity index (χ2v) is 9.71. The lowest BCUT2D eigenvalue weighted by Crippen LogP contribution is -2.38. The summed E-state index contributed by atoms with van der Waals surface area (Å²) in [6, 6.07) is 15.8. The molecule has 1 unspecified atom stereocenters. The topological polar surface area (TPSA) is 66.0 Å². The van der Waals surface area contributed by atoms with Gasteiger partial charge in [-0.1, -0.05) is 50.2 Å². The van der Waals surface area contributed by atoms with Gasteiger partial charge in [0.1, 0.15) is 31.6 Å². The SMILES string of the molecule is COC(=O)C(CC(C)C)NCc1ccc(OCc2cccc(-c3ccc4c(c3)OCCO4)c2C(F)(F)F)cc1. The van der Waals surface area contributed by atoms with Crippen molar-refractivity contribution in [3.05, 3.63) is 77.4 Å². The van der Waals surface area contributed by atoms with Gasteiger partial charge in [0.05, 0.1) is 12.7 Å². The molecule has 1 aliphatic rings. The van der Waals surface area contributed by atoms with Crippen molar-refractivity contribution in [2.24, 2.45) is 5.92 Å². The van der Waals surface area contributed by atoms with E-state index in [1.807, 2.05) is 26.0 Å². The molecule has 0 fully saturated rings. The van der Waals surface area contributed by atoms with Crippen LogP contribution in [0.1, 0.15) is 37.0 Å². The van der Waals surface area contributed by atoms with Crippen LogP contribution in [0.5, 0.6) is 17.2 Å². The van der Waals surface area contributed by atoms with Gasteiger partial charge in [0, 0.05) is 12.1 Å². The summed E-state index contributed by atoms with van der Waals surface area (Å²) in [5, 5.41) is 3.20. The van der Waals surface area contributed by atoms with Crippen LogP contribution >= 0.6 is 0 Å². The fraction of sp³-hybridized carbons (Fsp3) is 0.367. The van der Waals surface area contributed by atoms with E-state index in [1.54, 1.807) is 36.4 Å². The molecular weight excluding hydrogens is 511 g/mol. The van der Waals surface area contributed by atoms with Crippen molar-refractivity contribution >= 4 is 5.97 Å². The molecule has 1 atom stereocenters. The molecule has 0 bridgehead atoms. The van der Waals surface area contributed by atoms with Crippen LogP contribution in [0.25, 0.3) is 11.1 Å². The molecule has 0 radical (unpaired) electrons. The second-order valence-electron chi connectivity index (χ2n) is 9.71. The highest BCUT2D eigenvalue weighted by atomic mass is 19.4. The predicted molar refractivity (Wildman–Crippen MR) is 141 cm³/mol. The lowest BCUT2D eigenvalue weighted by molar-refractivity contribution is -0.143. The van der Waals surface area contributed by atoms with Gasteiger partial charge in [0.25, 0.3) is 0 Å². The van der Waals surface area contributed by atoms with E-state index in [-0.39, 0.29) is 23.7 Å². The molecule has 0 aliphatic carbocycles. The van der Waals surface area contributed by atoms with E-state index >= 15 is 0 Å². The van der Waals surface area contributed by atoms with Gasteiger partial charge in [0.2, 0.25) is 0 Å². The lowest BCUT2D eigenvalue weighted by atomic mass is 9.94. The van der Waals surface area contributed by atoms with Gasteiger partial charge in [-0.2, -0.15) is 13.2 Å². The molecular formula is C30H32F3NO5. The number of hydrogen-bond acceptors (Lipinski definition) is 6. The highest BCUT2D eigenvalue weighted by molar-refractivity contribution is 5.75. The summed E-state index contributed by atoms with van der Waals surface area (Å²) >= 11 is 0. The largest absolute Gasteiger partial charge is 0.489 e. The van der Waals surface area contributed by atoms with Crippen LogP contribution in [0.2, 0.25) is 0 Å². The summed E-state index contributed by atoms with van der Waals surface area (Å²) in [6.07, 6.45) is -3.95. The third kappa shape index (κ3) is 7.23. The first-order chi connectivity index (χ1) is 18.7. The second kappa shape index (κ2) is 12.4. The highest BCUT2D eigenvalue weighted by Crippen LogP contribution is 2.42. The van der Waals surface area contributed by atoms with Crippen molar-refractivity contribution in [1.29, 1.82) is 0 Å². The summed E-state index contributed by atoms with van der Waals surface area (Å²) in [6.45, 7) is 4.97. The van der Waals surface area contributed by atoms with Crippen LogP contribution in [0.15, 0.2) is 60.7 Å². The van der Waals surface area contributed by atoms with E-state index in [4.69, 9.17) is 18.9 Å². The molecule has 3 aromatic carbocycles. The maximum atomic E-state index is 14.3. The minimum Gasteiger partial charge on any atom is -0.489 e. The lowest BCUT2D eigenvalue weighted by Gasteiger charge is -2.21.